The number of nitrogens with zero attached hydrogens (tertiary/aromatic N) is 1. The Labute approximate surface area is 124 Å². The molecule has 1 aromatic carbocycles. The van der Waals surface area contributed by atoms with Gasteiger partial charge in [-0.25, -0.2) is 8.42 Å². The second-order valence-corrected chi connectivity index (χ2v) is 6.52. The van der Waals surface area contributed by atoms with E-state index in [0.29, 0.717) is 0 Å². The Morgan fingerprint density at radius 1 is 1.32 bits per heavy atom. The van der Waals surface area contributed by atoms with Crippen molar-refractivity contribution in [2.24, 2.45) is 0 Å². The normalized spacial score (nSPS) is 19.5. The third-order valence-electron chi connectivity index (χ3n) is 3.09. The SMILES string of the molecule is O=C(O)C1CCN1S(=O)(=O)c1ccc(OCC(F)(F)F)cc1. The van der Waals surface area contributed by atoms with Crippen LogP contribution in [0.2, 0.25) is 0 Å². The van der Waals surface area contributed by atoms with E-state index in [1.165, 1.54) is 0 Å². The van der Waals surface area contributed by atoms with Gasteiger partial charge >= 0.3 is 12.1 Å². The number of carboxylic acid groups (broad SMARTS) is 1. The van der Waals surface area contributed by atoms with E-state index in [0.717, 1.165) is 28.6 Å². The maximum Gasteiger partial charge on any atom is 0.422 e. The predicted octanol–water partition coefficient (Wildman–Crippen LogP) is 1.48. The summed E-state index contributed by atoms with van der Waals surface area (Å²) in [7, 11) is -3.98. The summed E-state index contributed by atoms with van der Waals surface area (Å²) in [5.74, 6) is -1.37. The molecule has 1 aromatic rings. The van der Waals surface area contributed by atoms with Crippen LogP contribution < -0.4 is 4.74 Å². The van der Waals surface area contributed by atoms with Crippen molar-refractivity contribution >= 4 is 16.0 Å². The van der Waals surface area contributed by atoms with E-state index in [-0.39, 0.29) is 23.6 Å². The molecule has 0 aromatic heterocycles. The van der Waals surface area contributed by atoms with Gasteiger partial charge in [-0.1, -0.05) is 0 Å². The van der Waals surface area contributed by atoms with Crippen LogP contribution in [-0.4, -0.2) is 49.2 Å². The first kappa shape index (κ1) is 16.6. The minimum atomic E-state index is -4.49. The molecule has 1 N–H and O–H groups in total. The summed E-state index contributed by atoms with van der Waals surface area (Å²) in [6.45, 7) is -1.39. The minimum Gasteiger partial charge on any atom is -0.484 e. The van der Waals surface area contributed by atoms with Crippen molar-refractivity contribution in [3.05, 3.63) is 24.3 Å². The average Bonchev–Trinajstić information content (AvgIpc) is 2.33. The van der Waals surface area contributed by atoms with E-state index < -0.39 is 34.8 Å². The van der Waals surface area contributed by atoms with Gasteiger partial charge in [-0.05, 0) is 30.7 Å². The molecule has 2 rings (SSSR count). The summed E-state index contributed by atoms with van der Waals surface area (Å²) in [4.78, 5) is 10.7. The maximum absolute atomic E-state index is 12.2. The van der Waals surface area contributed by atoms with E-state index in [9.17, 15) is 26.4 Å². The Hall–Kier alpha value is -1.81. The van der Waals surface area contributed by atoms with Gasteiger partial charge in [-0.2, -0.15) is 17.5 Å². The molecule has 0 saturated carbocycles. The highest BCUT2D eigenvalue weighted by Crippen LogP contribution is 2.28. The molecule has 0 aliphatic carbocycles. The van der Waals surface area contributed by atoms with Gasteiger partial charge in [0.1, 0.15) is 11.8 Å². The molecule has 0 amide bonds. The smallest absolute Gasteiger partial charge is 0.422 e. The first-order chi connectivity index (χ1) is 10.1. The number of alkyl halides is 3. The lowest BCUT2D eigenvalue weighted by molar-refractivity contribution is -0.153. The Kier molecular flexibility index (Phi) is 4.34. The molecular formula is C12H12F3NO5S. The fourth-order valence-electron chi connectivity index (χ4n) is 1.91. The number of carboxylic acids is 1. The minimum absolute atomic E-state index is 0.0889. The van der Waals surface area contributed by atoms with Crippen LogP contribution in [0.15, 0.2) is 29.2 Å². The number of hydrogen-bond acceptors (Lipinski definition) is 4. The quantitative estimate of drug-likeness (QED) is 0.878. The molecule has 1 saturated heterocycles. The molecule has 1 aliphatic heterocycles. The Morgan fingerprint density at radius 3 is 2.32 bits per heavy atom. The van der Waals surface area contributed by atoms with Crippen LogP contribution in [0.25, 0.3) is 0 Å². The summed E-state index contributed by atoms with van der Waals surface area (Å²) >= 11 is 0. The summed E-state index contributed by atoms with van der Waals surface area (Å²) in [6, 6.07) is 3.24. The third kappa shape index (κ3) is 3.50. The van der Waals surface area contributed by atoms with Crippen LogP contribution >= 0.6 is 0 Å². The predicted molar refractivity (Wildman–Crippen MR) is 67.9 cm³/mol. The molecule has 6 nitrogen and oxygen atoms in total. The van der Waals surface area contributed by atoms with Crippen molar-refractivity contribution in [3.63, 3.8) is 0 Å². The summed E-state index contributed by atoms with van der Waals surface area (Å²) in [5.41, 5.74) is 0. The zero-order chi connectivity index (χ0) is 16.5. The monoisotopic (exact) mass is 339 g/mol. The standard InChI is InChI=1S/C12H12F3NO5S/c13-12(14,15)7-21-8-1-3-9(4-2-8)22(19,20)16-6-5-10(16)11(17)18/h1-4,10H,5-7H2,(H,17,18). The molecule has 22 heavy (non-hydrogen) atoms. The molecule has 0 bridgehead atoms. The van der Waals surface area contributed by atoms with Gasteiger partial charge in [-0.3, -0.25) is 4.79 Å². The van der Waals surface area contributed by atoms with E-state index in [1.54, 1.807) is 0 Å². The molecule has 10 heteroatoms. The number of sulfonamides is 1. The zero-order valence-corrected chi connectivity index (χ0v) is 11.9. The molecule has 0 radical (unpaired) electrons. The number of hydrogen-bond donors (Lipinski definition) is 1. The summed E-state index contributed by atoms with van der Waals surface area (Å²) in [5, 5.41) is 8.87. The Bertz CT molecular complexity index is 656. The first-order valence-electron chi connectivity index (χ1n) is 6.15. The van der Waals surface area contributed by atoms with Crippen LogP contribution in [0.4, 0.5) is 13.2 Å². The van der Waals surface area contributed by atoms with E-state index in [2.05, 4.69) is 4.74 Å². The number of benzene rings is 1. The van der Waals surface area contributed by atoms with Gasteiger partial charge in [0.15, 0.2) is 6.61 Å². The number of aliphatic carboxylic acids is 1. The molecule has 1 fully saturated rings. The highest BCUT2D eigenvalue weighted by Gasteiger charge is 2.42. The van der Waals surface area contributed by atoms with Crippen LogP contribution in [0.1, 0.15) is 6.42 Å². The Morgan fingerprint density at radius 2 is 1.91 bits per heavy atom. The van der Waals surface area contributed by atoms with Gasteiger partial charge in [0.25, 0.3) is 0 Å². The summed E-state index contributed by atoms with van der Waals surface area (Å²) < 4.78 is 65.7. The topological polar surface area (TPSA) is 83.9 Å². The maximum atomic E-state index is 12.2. The molecular weight excluding hydrogens is 327 g/mol. The van der Waals surface area contributed by atoms with E-state index >= 15 is 0 Å². The molecule has 1 heterocycles. The van der Waals surface area contributed by atoms with Crippen LogP contribution in [-0.2, 0) is 14.8 Å². The average molecular weight is 339 g/mol. The van der Waals surface area contributed by atoms with Gasteiger partial charge in [0.05, 0.1) is 4.90 Å². The van der Waals surface area contributed by atoms with Gasteiger partial charge in [0.2, 0.25) is 10.0 Å². The van der Waals surface area contributed by atoms with Crippen molar-refractivity contribution in [1.29, 1.82) is 0 Å². The Balaban J connectivity index is 2.11. The molecule has 0 spiro atoms. The fraction of sp³-hybridized carbons (Fsp3) is 0.417. The van der Waals surface area contributed by atoms with E-state index in [1.807, 2.05) is 0 Å². The third-order valence-corrected chi connectivity index (χ3v) is 5.01. The van der Waals surface area contributed by atoms with E-state index in [4.69, 9.17) is 5.11 Å². The van der Waals surface area contributed by atoms with Gasteiger partial charge in [-0.15, -0.1) is 0 Å². The molecule has 1 unspecified atom stereocenters. The lowest BCUT2D eigenvalue weighted by Gasteiger charge is -2.36. The second-order valence-electron chi connectivity index (χ2n) is 4.63. The van der Waals surface area contributed by atoms with Gasteiger partial charge in [0, 0.05) is 6.54 Å². The second kappa shape index (κ2) is 5.76. The van der Waals surface area contributed by atoms with Crippen molar-refractivity contribution in [2.45, 2.75) is 23.5 Å². The lowest BCUT2D eigenvalue weighted by atomic mass is 10.1. The number of rotatable bonds is 5. The lowest BCUT2D eigenvalue weighted by Crippen LogP contribution is -2.54. The van der Waals surface area contributed by atoms with Crippen molar-refractivity contribution in [3.8, 4) is 5.75 Å². The van der Waals surface area contributed by atoms with Crippen LogP contribution in [0.3, 0.4) is 0 Å². The summed E-state index contributed by atoms with van der Waals surface area (Å²) in [6.07, 6.45) is -4.27. The van der Waals surface area contributed by atoms with Crippen LogP contribution in [0, 0.1) is 0 Å². The fourth-order valence-corrected chi connectivity index (χ4v) is 3.53. The van der Waals surface area contributed by atoms with Crippen molar-refractivity contribution < 1.29 is 36.2 Å². The van der Waals surface area contributed by atoms with Gasteiger partial charge < -0.3 is 9.84 Å². The van der Waals surface area contributed by atoms with Crippen molar-refractivity contribution in [1.82, 2.24) is 4.31 Å². The number of carbonyl (C=O) groups is 1. The van der Waals surface area contributed by atoms with Crippen LogP contribution in [0.5, 0.6) is 5.75 Å². The molecule has 1 atom stereocenters. The molecule has 1 aliphatic rings. The largest absolute Gasteiger partial charge is 0.484 e. The number of ether oxygens (including phenoxy) is 1. The first-order valence-corrected chi connectivity index (χ1v) is 7.59. The highest BCUT2D eigenvalue weighted by atomic mass is 32.2. The molecule has 122 valence electrons. The zero-order valence-electron chi connectivity index (χ0n) is 11.1. The highest BCUT2D eigenvalue weighted by molar-refractivity contribution is 7.89. The number of halogens is 3. The van der Waals surface area contributed by atoms with Crippen molar-refractivity contribution in [2.75, 3.05) is 13.2 Å².